The third-order valence-electron chi connectivity index (χ3n) is 6.22. The highest BCUT2D eigenvalue weighted by Crippen LogP contribution is 2.55. The molecule has 1 aromatic heterocycles. The van der Waals surface area contributed by atoms with Gasteiger partial charge in [-0.05, 0) is 30.5 Å². The Morgan fingerprint density at radius 3 is 2.77 bits per heavy atom. The Hall–Kier alpha value is -3.76. The number of phosphoric acid groups is 1. The van der Waals surface area contributed by atoms with E-state index in [1.165, 1.54) is 10.8 Å². The Bertz CT molecular complexity index is 1550. The molecular formula is C27H27N2O9P. The van der Waals surface area contributed by atoms with Crippen LogP contribution in [0.2, 0.25) is 0 Å². The van der Waals surface area contributed by atoms with E-state index >= 15 is 0 Å². The summed E-state index contributed by atoms with van der Waals surface area (Å²) in [7, 11) is -3.99. The van der Waals surface area contributed by atoms with Crippen molar-refractivity contribution < 1.29 is 32.4 Å². The summed E-state index contributed by atoms with van der Waals surface area (Å²) in [4.78, 5) is 38.3. The lowest BCUT2D eigenvalue weighted by molar-refractivity contribution is -0.144. The summed E-state index contributed by atoms with van der Waals surface area (Å²) in [6.45, 7) is 1.62. The maximum atomic E-state index is 13.3. The SMILES string of the molecule is Cc1cn([C@H]2C=C[C@@H](COP3(=O)OCc4cccc(CCC(=O)OCc5ccccc5)c4O3)O2)c(=O)[nH]c1=O. The van der Waals surface area contributed by atoms with Crippen molar-refractivity contribution in [1.82, 2.24) is 9.55 Å². The second-order valence-electron chi connectivity index (χ2n) is 9.09. The Kier molecular flexibility index (Phi) is 7.94. The van der Waals surface area contributed by atoms with E-state index in [2.05, 4.69) is 4.98 Å². The van der Waals surface area contributed by atoms with E-state index in [1.54, 1.807) is 31.2 Å². The van der Waals surface area contributed by atoms with Crippen molar-refractivity contribution in [2.24, 2.45) is 0 Å². The van der Waals surface area contributed by atoms with Crippen molar-refractivity contribution in [3.63, 3.8) is 0 Å². The summed E-state index contributed by atoms with van der Waals surface area (Å²) in [6.07, 6.45) is 3.74. The van der Waals surface area contributed by atoms with Crippen LogP contribution in [0.3, 0.4) is 0 Å². The molecule has 2 aliphatic rings. The highest BCUT2D eigenvalue weighted by Gasteiger charge is 2.37. The van der Waals surface area contributed by atoms with Gasteiger partial charge in [0, 0.05) is 23.7 Å². The van der Waals surface area contributed by atoms with Crippen molar-refractivity contribution in [1.29, 1.82) is 0 Å². The Morgan fingerprint density at radius 2 is 1.95 bits per heavy atom. The lowest BCUT2D eigenvalue weighted by atomic mass is 10.0. The predicted octanol–water partition coefficient (Wildman–Crippen LogP) is 3.71. The molecule has 3 atom stereocenters. The van der Waals surface area contributed by atoms with Gasteiger partial charge in [-0.2, -0.15) is 0 Å². The molecule has 5 rings (SSSR count). The van der Waals surface area contributed by atoms with Gasteiger partial charge >= 0.3 is 19.5 Å². The van der Waals surface area contributed by atoms with Crippen LogP contribution in [0.15, 0.2) is 76.5 Å². The Balaban J connectivity index is 1.16. The summed E-state index contributed by atoms with van der Waals surface area (Å²) in [5, 5.41) is 0. The van der Waals surface area contributed by atoms with Gasteiger partial charge in [0.1, 0.15) is 18.5 Å². The summed E-state index contributed by atoms with van der Waals surface area (Å²) < 4.78 is 42.3. The van der Waals surface area contributed by atoms with Crippen LogP contribution in [0.1, 0.15) is 34.9 Å². The lowest BCUT2D eigenvalue weighted by Crippen LogP contribution is -2.33. The van der Waals surface area contributed by atoms with E-state index in [9.17, 15) is 18.9 Å². The number of hydrogen-bond donors (Lipinski definition) is 1. The molecule has 3 heterocycles. The van der Waals surface area contributed by atoms with Crippen LogP contribution in [0.4, 0.5) is 0 Å². The van der Waals surface area contributed by atoms with Crippen molar-refractivity contribution >= 4 is 13.8 Å². The van der Waals surface area contributed by atoms with Gasteiger partial charge in [0.05, 0.1) is 13.2 Å². The first kappa shape index (κ1) is 26.8. The Morgan fingerprint density at radius 1 is 1.13 bits per heavy atom. The number of aryl methyl sites for hydroxylation is 2. The van der Waals surface area contributed by atoms with Crippen LogP contribution in [0, 0.1) is 6.92 Å². The monoisotopic (exact) mass is 554 g/mol. The molecule has 1 unspecified atom stereocenters. The van der Waals surface area contributed by atoms with Gasteiger partial charge in [0.25, 0.3) is 5.56 Å². The highest BCUT2D eigenvalue weighted by atomic mass is 31.2. The average molecular weight is 554 g/mol. The highest BCUT2D eigenvalue weighted by molar-refractivity contribution is 7.49. The number of fused-ring (bicyclic) bond motifs is 1. The first-order chi connectivity index (χ1) is 18.8. The van der Waals surface area contributed by atoms with Gasteiger partial charge in [-0.3, -0.25) is 28.2 Å². The van der Waals surface area contributed by atoms with Crippen LogP contribution in [0.5, 0.6) is 5.75 Å². The molecule has 0 fully saturated rings. The average Bonchev–Trinajstić information content (AvgIpc) is 3.41. The third kappa shape index (κ3) is 6.46. The molecule has 39 heavy (non-hydrogen) atoms. The first-order valence-electron chi connectivity index (χ1n) is 12.3. The number of ether oxygens (including phenoxy) is 2. The molecular weight excluding hydrogens is 527 g/mol. The number of esters is 1. The van der Waals surface area contributed by atoms with Crippen LogP contribution in [0.25, 0.3) is 0 Å². The predicted molar refractivity (Wildman–Crippen MR) is 139 cm³/mol. The number of benzene rings is 2. The number of nitrogens with one attached hydrogen (secondary N) is 1. The second-order valence-corrected chi connectivity index (χ2v) is 10.7. The fourth-order valence-electron chi connectivity index (χ4n) is 4.14. The van der Waals surface area contributed by atoms with E-state index in [-0.39, 0.29) is 32.2 Å². The number of nitrogens with zero attached hydrogens (tertiary/aromatic N) is 1. The van der Waals surface area contributed by atoms with E-state index in [4.69, 9.17) is 23.0 Å². The summed E-state index contributed by atoms with van der Waals surface area (Å²) in [5.41, 5.74) is 1.55. The molecule has 1 N–H and O–H groups in total. The number of aromatic nitrogens is 2. The summed E-state index contributed by atoms with van der Waals surface area (Å²) in [5.74, 6) is -0.00145. The topological polar surface area (TPSA) is 135 Å². The third-order valence-corrected chi connectivity index (χ3v) is 7.54. The molecule has 0 saturated heterocycles. The standard InChI is InChI=1S/C27H27N2O9P/c1-18-14-29(27(32)28-26(18)31)23-12-11-22(37-23)17-36-39(33)35-16-21-9-5-8-20(25(21)38-39)10-13-24(30)34-15-19-6-3-2-4-7-19/h2-9,11-12,14,22-23H,10,13,15-17H2,1H3,(H,28,31,32)/t22-,23+,39?/m0/s1. The quantitative estimate of drug-likeness (QED) is 0.239. The van der Waals surface area contributed by atoms with E-state index in [0.29, 0.717) is 28.9 Å². The van der Waals surface area contributed by atoms with Gasteiger partial charge in [-0.1, -0.05) is 54.6 Å². The maximum Gasteiger partial charge on any atom is 0.530 e. The molecule has 0 aliphatic carbocycles. The summed E-state index contributed by atoms with van der Waals surface area (Å²) >= 11 is 0. The van der Waals surface area contributed by atoms with Crippen LogP contribution < -0.4 is 15.8 Å². The molecule has 11 nitrogen and oxygen atoms in total. The molecule has 0 bridgehead atoms. The smallest absolute Gasteiger partial charge is 0.461 e. The van der Waals surface area contributed by atoms with E-state index < -0.39 is 31.4 Å². The van der Waals surface area contributed by atoms with Crippen molar-refractivity contribution in [3.8, 4) is 5.75 Å². The first-order valence-corrected chi connectivity index (χ1v) is 13.8. The minimum absolute atomic E-state index is 0.00887. The maximum absolute atomic E-state index is 13.3. The molecule has 0 saturated carbocycles. The van der Waals surface area contributed by atoms with Gasteiger partial charge in [-0.25, -0.2) is 9.36 Å². The molecule has 0 radical (unpaired) electrons. The molecule has 0 spiro atoms. The van der Waals surface area contributed by atoms with Crippen molar-refractivity contribution in [3.05, 3.63) is 110 Å². The number of para-hydroxylation sites is 1. The normalized spacial score (nSPS) is 21.8. The largest absolute Gasteiger partial charge is 0.530 e. The number of aromatic amines is 1. The Labute approximate surface area is 223 Å². The number of rotatable bonds is 9. The van der Waals surface area contributed by atoms with Crippen LogP contribution >= 0.6 is 7.82 Å². The minimum Gasteiger partial charge on any atom is -0.461 e. The molecule has 3 aromatic rings. The zero-order valence-corrected chi connectivity index (χ0v) is 22.0. The van der Waals surface area contributed by atoms with Gasteiger partial charge in [0.15, 0.2) is 6.23 Å². The zero-order chi connectivity index (χ0) is 27.4. The number of carbonyl (C=O) groups excluding carboxylic acids is 1. The molecule has 204 valence electrons. The lowest BCUT2D eigenvalue weighted by Gasteiger charge is -2.27. The van der Waals surface area contributed by atoms with Crippen molar-refractivity contribution in [2.45, 2.75) is 45.3 Å². The van der Waals surface area contributed by atoms with Crippen LogP contribution in [-0.4, -0.2) is 28.2 Å². The summed E-state index contributed by atoms with van der Waals surface area (Å²) in [6, 6.07) is 14.8. The van der Waals surface area contributed by atoms with Gasteiger partial charge < -0.3 is 14.0 Å². The fraction of sp³-hybridized carbons (Fsp3) is 0.296. The molecule has 0 amide bonds. The molecule has 2 aromatic carbocycles. The number of H-pyrrole nitrogens is 1. The number of hydrogen-bond acceptors (Lipinski definition) is 9. The van der Waals surface area contributed by atoms with E-state index in [0.717, 1.165) is 5.56 Å². The van der Waals surface area contributed by atoms with Crippen LogP contribution in [-0.2, 0) is 47.5 Å². The fourth-order valence-corrected chi connectivity index (χ4v) is 5.41. The van der Waals surface area contributed by atoms with E-state index in [1.807, 2.05) is 36.4 Å². The molecule has 2 aliphatic heterocycles. The van der Waals surface area contributed by atoms with Gasteiger partial charge in [0.2, 0.25) is 0 Å². The van der Waals surface area contributed by atoms with Crippen molar-refractivity contribution in [2.75, 3.05) is 6.61 Å². The molecule has 12 heteroatoms. The van der Waals surface area contributed by atoms with Gasteiger partial charge in [-0.15, -0.1) is 0 Å². The zero-order valence-electron chi connectivity index (χ0n) is 21.1. The minimum atomic E-state index is -3.99. The second kappa shape index (κ2) is 11.5. The number of phosphoric ester groups is 1. The number of carbonyl (C=O) groups is 1.